The maximum Gasteiger partial charge on any atom is 0.269 e. The van der Waals surface area contributed by atoms with Crippen molar-refractivity contribution in [3.05, 3.63) is 117 Å². The molecule has 0 aromatic heterocycles. The molecule has 0 radical (unpaired) electrons. The number of hydrogen-bond donors (Lipinski definition) is 2. The Morgan fingerprint density at radius 2 is 1.68 bits per heavy atom. The number of nitro benzene ring substituents is 1. The fourth-order valence-electron chi connectivity index (χ4n) is 10.6. The van der Waals surface area contributed by atoms with E-state index in [1.54, 1.807) is 18.2 Å². The number of likely N-dealkylation sites (N-methyl/N-ethyl adjacent to an activating group) is 1. The molecule has 3 aliphatic carbocycles. The second kappa shape index (κ2) is 21.1. The van der Waals surface area contributed by atoms with Crippen LogP contribution in [0.25, 0.3) is 0 Å². The van der Waals surface area contributed by atoms with Gasteiger partial charge in [-0.25, -0.2) is 0 Å². The lowest BCUT2D eigenvalue weighted by Crippen LogP contribution is -2.69. The number of fused-ring (bicyclic) bond motifs is 2. The van der Waals surface area contributed by atoms with E-state index in [4.69, 9.17) is 24.2 Å². The lowest BCUT2D eigenvalue weighted by Gasteiger charge is -2.59. The van der Waals surface area contributed by atoms with Gasteiger partial charge in [-0.1, -0.05) is 61.9 Å². The van der Waals surface area contributed by atoms with Crippen molar-refractivity contribution >= 4 is 17.3 Å². The molecule has 63 heavy (non-hydrogen) atoms. The fraction of sp³-hybridized carbons (Fsp3) is 0.529. The number of rotatable bonds is 21. The van der Waals surface area contributed by atoms with Crippen molar-refractivity contribution in [1.82, 2.24) is 4.90 Å². The molecule has 0 saturated heterocycles. The maximum absolute atomic E-state index is 14.5. The van der Waals surface area contributed by atoms with Crippen LogP contribution in [0.5, 0.6) is 17.2 Å². The van der Waals surface area contributed by atoms with E-state index >= 15 is 0 Å². The number of carbonyl (C=O) groups is 1. The number of nitro groups is 1. The monoisotopic (exact) mass is 863 g/mol. The van der Waals surface area contributed by atoms with Gasteiger partial charge in [0.1, 0.15) is 29.9 Å². The van der Waals surface area contributed by atoms with Gasteiger partial charge in [0.05, 0.1) is 23.2 Å². The second-order valence-electron chi connectivity index (χ2n) is 18.0. The number of oxime groups is 1. The molecule has 0 spiro atoms. The van der Waals surface area contributed by atoms with E-state index in [1.807, 2.05) is 36.2 Å². The number of nitrogens with zero attached hydrogens (tertiary/aromatic N) is 3. The van der Waals surface area contributed by atoms with Crippen LogP contribution in [0.2, 0.25) is 0 Å². The average Bonchev–Trinajstić information content (AvgIpc) is 3.81. The second-order valence-corrected chi connectivity index (χ2v) is 18.0. The van der Waals surface area contributed by atoms with Gasteiger partial charge < -0.3 is 34.2 Å². The van der Waals surface area contributed by atoms with Crippen molar-refractivity contribution in [2.24, 2.45) is 28.8 Å². The zero-order valence-corrected chi connectivity index (χ0v) is 37.2. The van der Waals surface area contributed by atoms with E-state index in [0.29, 0.717) is 48.8 Å². The van der Waals surface area contributed by atoms with Crippen molar-refractivity contribution in [3.63, 3.8) is 0 Å². The van der Waals surface area contributed by atoms with Gasteiger partial charge in [0.15, 0.2) is 0 Å². The maximum atomic E-state index is 14.5. The van der Waals surface area contributed by atoms with Crippen LogP contribution in [0.1, 0.15) is 112 Å². The third-order valence-corrected chi connectivity index (χ3v) is 14.0. The van der Waals surface area contributed by atoms with Gasteiger partial charge in [0, 0.05) is 56.7 Å². The first kappa shape index (κ1) is 46.0. The van der Waals surface area contributed by atoms with E-state index in [1.165, 1.54) is 30.5 Å². The zero-order valence-electron chi connectivity index (χ0n) is 37.2. The molecule has 1 amide bonds. The molecule has 0 bridgehead atoms. The highest BCUT2D eigenvalue weighted by atomic mass is 16.7. The van der Waals surface area contributed by atoms with Crippen molar-refractivity contribution in [1.29, 1.82) is 0 Å². The van der Waals surface area contributed by atoms with Crippen molar-refractivity contribution in [3.8, 4) is 17.2 Å². The predicted octanol–water partition coefficient (Wildman–Crippen LogP) is 10.3. The van der Waals surface area contributed by atoms with E-state index in [9.17, 15) is 25.1 Å². The summed E-state index contributed by atoms with van der Waals surface area (Å²) in [7, 11) is 1.86. The van der Waals surface area contributed by atoms with Gasteiger partial charge in [0.25, 0.3) is 5.69 Å². The molecule has 4 aliphatic rings. The summed E-state index contributed by atoms with van der Waals surface area (Å²) in [6.07, 6.45) is 14.9. The molecule has 1 aliphatic heterocycles. The lowest BCUT2D eigenvalue weighted by molar-refractivity contribution is -0.384. The van der Waals surface area contributed by atoms with Crippen LogP contribution >= 0.6 is 0 Å². The van der Waals surface area contributed by atoms with Gasteiger partial charge in [0.2, 0.25) is 11.7 Å². The summed E-state index contributed by atoms with van der Waals surface area (Å²) >= 11 is 0. The molecule has 338 valence electrons. The number of non-ortho nitro benzene ring substituents is 1. The van der Waals surface area contributed by atoms with Gasteiger partial charge in [-0.05, 0) is 128 Å². The molecule has 3 aromatic rings. The topological polar surface area (TPSA) is 153 Å². The van der Waals surface area contributed by atoms with Gasteiger partial charge >= 0.3 is 0 Å². The van der Waals surface area contributed by atoms with Crippen molar-refractivity contribution < 1.29 is 39.0 Å². The lowest BCUT2D eigenvalue weighted by atomic mass is 9.55. The first-order chi connectivity index (χ1) is 30.6. The highest BCUT2D eigenvalue weighted by Gasteiger charge is 2.65. The number of ether oxygens (including phenoxy) is 3. The molecule has 12 nitrogen and oxygen atoms in total. The fourth-order valence-corrected chi connectivity index (χ4v) is 10.6. The zero-order chi connectivity index (χ0) is 44.5. The first-order valence-electron chi connectivity index (χ1n) is 23.0. The Morgan fingerprint density at radius 3 is 2.38 bits per heavy atom. The number of aryl methyl sites for hydroxylation is 2. The number of aliphatic hydroxyl groups excluding tert-OH is 2. The largest absolute Gasteiger partial charge is 0.459 e. The quantitative estimate of drug-likeness (QED) is 0.0461. The van der Waals surface area contributed by atoms with Gasteiger partial charge in [-0.15, -0.1) is 6.58 Å². The standard InChI is InChI=1S/C51H65N3O9/c1-5-28-60-51-47(53(4)48(57)25-19-36-12-6-7-13-36)32-45(52-61-33-37-17-20-39(21-18-37)54(58)59)43-30-38(14-8-10-26-55)42(15-9-11-27-56)49(50(43)51)44-31-41(23-24-46(44)63-51)62-40-22-16-34(2)35(3)29-40/h5,16-18,20-24,29-31,36,38,42,47,49-50,55-56H,1,6-15,19,25-28,32-33H2,2-4H3/t38-,42+,47-,49+,50+,51+/m0/s1. The van der Waals surface area contributed by atoms with Gasteiger partial charge in [-0.3, -0.25) is 14.9 Å². The molecule has 7 rings (SSSR count). The molecular weight excluding hydrogens is 799 g/mol. The average molecular weight is 864 g/mol. The van der Waals surface area contributed by atoms with Crippen LogP contribution in [0.4, 0.5) is 5.69 Å². The smallest absolute Gasteiger partial charge is 0.269 e. The van der Waals surface area contributed by atoms with E-state index in [2.05, 4.69) is 38.6 Å². The summed E-state index contributed by atoms with van der Waals surface area (Å²) < 4.78 is 21.0. The Labute approximate surface area is 372 Å². The number of amides is 1. The number of aliphatic hydroxyl groups is 2. The summed E-state index contributed by atoms with van der Waals surface area (Å²) in [6, 6.07) is 17.7. The molecule has 6 atom stereocenters. The van der Waals surface area contributed by atoms with Crippen LogP contribution in [-0.2, 0) is 21.0 Å². The number of hydrogen-bond acceptors (Lipinski definition) is 10. The van der Waals surface area contributed by atoms with Crippen LogP contribution in [-0.4, -0.2) is 70.4 Å². The van der Waals surface area contributed by atoms with Crippen molar-refractivity contribution in [2.75, 3.05) is 26.9 Å². The number of unbranched alkanes of at least 4 members (excludes halogenated alkanes) is 2. The van der Waals surface area contributed by atoms with E-state index < -0.39 is 22.7 Å². The first-order valence-corrected chi connectivity index (χ1v) is 23.0. The van der Waals surface area contributed by atoms with E-state index in [0.717, 1.165) is 73.0 Å². The molecular formula is C51H65N3O9. The molecule has 2 N–H and O–H groups in total. The SMILES string of the molecule is C=CCO[C@@]12Oc3ccc(Oc4ccc(C)c(C)c4)cc3[C@H]3[C@H](CCCCO)[C@@H](CCCCO)C=C(C(=NOCc4ccc([N+](=O)[O-])cc4)C[C@@H]1N(C)C(=O)CCC1CCCC1)[C@H]32. The summed E-state index contributed by atoms with van der Waals surface area (Å²) in [6.45, 7) is 8.65. The highest BCUT2D eigenvalue weighted by molar-refractivity contribution is 6.03. The number of allylic oxidation sites excluding steroid dienone is 1. The van der Waals surface area contributed by atoms with Gasteiger partial charge in [-0.2, -0.15) is 0 Å². The minimum absolute atomic E-state index is 0.00371. The third-order valence-electron chi connectivity index (χ3n) is 14.0. The van der Waals surface area contributed by atoms with Crippen molar-refractivity contribution in [2.45, 2.75) is 122 Å². The minimum Gasteiger partial charge on any atom is -0.459 e. The molecule has 12 heteroatoms. The third kappa shape index (κ3) is 10.3. The molecule has 2 saturated carbocycles. The Kier molecular flexibility index (Phi) is 15.4. The highest BCUT2D eigenvalue weighted by Crippen LogP contribution is 2.62. The minimum atomic E-state index is -1.34. The number of carbonyl (C=O) groups excluding carboxylic acids is 1. The molecule has 3 aromatic carbocycles. The molecule has 1 heterocycles. The molecule has 0 unspecified atom stereocenters. The molecule has 2 fully saturated rings. The van der Waals surface area contributed by atoms with Crippen LogP contribution in [0.15, 0.2) is 90.1 Å². The van der Waals surface area contributed by atoms with Crippen LogP contribution in [0.3, 0.4) is 0 Å². The van der Waals surface area contributed by atoms with E-state index in [-0.39, 0.29) is 55.8 Å². The Morgan fingerprint density at radius 1 is 0.968 bits per heavy atom. The Bertz CT molecular complexity index is 2130. The van der Waals surface area contributed by atoms with Crippen LogP contribution < -0.4 is 9.47 Å². The Hall–Kier alpha value is -5.04. The normalized spacial score (nSPS) is 24.5. The Balaban J connectivity index is 1.37. The summed E-state index contributed by atoms with van der Waals surface area (Å²) in [5.74, 6) is 0.810. The van der Waals surface area contributed by atoms with Crippen LogP contribution in [0, 0.1) is 47.6 Å². The summed E-state index contributed by atoms with van der Waals surface area (Å²) in [4.78, 5) is 33.4. The number of benzene rings is 3. The summed E-state index contributed by atoms with van der Waals surface area (Å²) in [5, 5.41) is 36.1. The summed E-state index contributed by atoms with van der Waals surface area (Å²) in [5.41, 5.74) is 5.65. The predicted molar refractivity (Wildman–Crippen MR) is 243 cm³/mol.